The molecule has 0 aromatic carbocycles. The van der Waals surface area contributed by atoms with Gasteiger partial charge in [0.25, 0.3) is 22.3 Å². The number of hydrogen-bond donors (Lipinski definition) is 16. The Morgan fingerprint density at radius 3 is 0.481 bits per heavy atom. The Morgan fingerprint density at radius 2 is 0.423 bits per heavy atom. The fourth-order valence-electron chi connectivity index (χ4n) is 1.31. The van der Waals surface area contributed by atoms with Crippen molar-refractivity contribution in [2.24, 2.45) is 0 Å². The number of hydrogen-bond acceptors (Lipinski definition) is 16. The Balaban J connectivity index is -0.0000000807. The van der Waals surface area contributed by atoms with Gasteiger partial charge in [-0.05, 0) is 0 Å². The van der Waals surface area contributed by atoms with E-state index >= 15 is 0 Å². The van der Waals surface area contributed by atoms with Gasteiger partial charge in [0.2, 0.25) is 0 Å². The van der Waals surface area contributed by atoms with E-state index in [0.717, 1.165) is 0 Å². The van der Waals surface area contributed by atoms with Gasteiger partial charge in [0.05, 0.1) is 0 Å². The predicted molar refractivity (Wildman–Crippen MR) is 187 cm³/mol. The van der Waals surface area contributed by atoms with E-state index in [1.54, 1.807) is 0 Å². The molecule has 0 heterocycles. The maximum absolute atomic E-state index is 10.7. The van der Waals surface area contributed by atoms with Crippen LogP contribution in [0.1, 0.15) is 0 Å². The van der Waals surface area contributed by atoms with Crippen LogP contribution in [-0.2, 0) is 54.6 Å². The summed E-state index contributed by atoms with van der Waals surface area (Å²) in [6.45, 7) is 0. The van der Waals surface area contributed by atoms with Crippen molar-refractivity contribution < 1.29 is 134 Å². The topological polar surface area (TPSA) is 497 Å². The van der Waals surface area contributed by atoms with Crippen molar-refractivity contribution >= 4 is 225 Å². The van der Waals surface area contributed by atoms with Crippen LogP contribution in [0.4, 0.5) is 0 Å². The van der Waals surface area contributed by atoms with Gasteiger partial charge >= 0.3 is 179 Å². The second-order valence-corrected chi connectivity index (χ2v) is 23.6. The van der Waals surface area contributed by atoms with E-state index in [2.05, 4.69) is 18.1 Å². The fourth-order valence-corrected chi connectivity index (χ4v) is 11.0. The minimum absolute atomic E-state index is 0. The molecule has 0 aliphatic carbocycles. The summed E-state index contributed by atoms with van der Waals surface area (Å²) in [6, 6.07) is -2.98. The average molecular weight is 1060 g/mol. The first-order valence-electron chi connectivity index (χ1n) is 9.91. The summed E-state index contributed by atoms with van der Waals surface area (Å²) in [5.41, 5.74) is -11.0. The normalized spacial score (nSPS) is 18.5. The zero-order valence-electron chi connectivity index (χ0n) is 22.3. The van der Waals surface area contributed by atoms with E-state index in [0.29, 0.717) is 0 Å². The van der Waals surface area contributed by atoms with Crippen LogP contribution in [0.15, 0.2) is 0 Å². The summed E-state index contributed by atoms with van der Waals surface area (Å²) in [7, 11) is -39.2. The van der Waals surface area contributed by atoms with Crippen molar-refractivity contribution in [3.05, 3.63) is 0 Å². The molecule has 16 N–H and O–H groups in total. The van der Waals surface area contributed by atoms with Crippen molar-refractivity contribution in [2.75, 3.05) is 24.3 Å². The molecule has 0 fully saturated rings. The molecule has 0 radical (unpaired) electrons. The van der Waals surface area contributed by atoms with Gasteiger partial charge in [-0.15, -0.1) is 0 Å². The number of halogens is 4. The molecule has 0 bridgehead atoms. The van der Waals surface area contributed by atoms with Crippen LogP contribution in [0, 0.1) is 0 Å². The number of aliphatic hydroxyl groups is 4. The Morgan fingerprint density at radius 1 is 0.327 bits per heavy atom. The van der Waals surface area contributed by atoms with Crippen molar-refractivity contribution in [3.8, 4) is 0 Å². The van der Waals surface area contributed by atoms with Crippen LogP contribution in [-0.4, -0.2) is 244 Å². The summed E-state index contributed by atoms with van der Waals surface area (Å²) in [4.78, 5) is 101. The van der Waals surface area contributed by atoms with Gasteiger partial charge in [0.1, 0.15) is 24.3 Å². The first kappa shape index (κ1) is 75.6. The minimum atomic E-state index is -5.05. The van der Waals surface area contributed by atoms with Gasteiger partial charge in [-0.25, -0.2) is 0 Å². The molecule has 0 saturated carbocycles. The van der Waals surface area contributed by atoms with E-state index in [1.165, 1.54) is 0 Å². The second kappa shape index (κ2) is 32.8. The predicted octanol–water partition coefficient (Wildman–Crippen LogP) is -3.24. The monoisotopic (exact) mass is 1060 g/mol. The Bertz CT molecular complexity index is 1150. The zero-order chi connectivity index (χ0) is 40.0. The van der Waals surface area contributed by atoms with E-state index in [-0.39, 0.29) is 118 Å². The van der Waals surface area contributed by atoms with Crippen LogP contribution in [0.25, 0.3) is 0 Å². The van der Waals surface area contributed by atoms with Crippen LogP contribution in [0.2, 0.25) is 0 Å². The van der Waals surface area contributed by atoms with Gasteiger partial charge < -0.3 is 79.1 Å². The summed E-state index contributed by atoms with van der Waals surface area (Å²) in [5, 5.41) is 34.3. The molecule has 44 heteroatoms. The molecule has 0 aromatic heterocycles. The Labute approximate surface area is 400 Å². The van der Waals surface area contributed by atoms with Gasteiger partial charge in [-0.3, -0.25) is 54.6 Å². The first-order chi connectivity index (χ1) is 20.9. The second-order valence-electron chi connectivity index (χ2n) is 6.95. The van der Waals surface area contributed by atoms with Gasteiger partial charge in [-0.1, -0.05) is 46.4 Å². The molecule has 8 atom stereocenters. The molecule has 28 nitrogen and oxygen atoms in total. The van der Waals surface area contributed by atoms with Gasteiger partial charge in [0, 0.05) is 0 Å². The summed E-state index contributed by atoms with van der Waals surface area (Å²) < 4.78 is 99.0. The van der Waals surface area contributed by atoms with E-state index in [9.17, 15) is 36.5 Å². The Hall–Kier alpha value is 6.20. The van der Waals surface area contributed by atoms with Crippen LogP contribution in [0.5, 0.6) is 0 Å². The summed E-state index contributed by atoms with van der Waals surface area (Å²) in [6.07, 6.45) is 0. The standard InChI is InChI=1S/4C2H7ClO7P2.4Na.4H/c4*3-1-10-12(8,9)2(4)11(5,6)7;;;;;;;;/h4*2,4H,1H2,(H,8,9)(H2,5,6,7);;;;;;;;. The van der Waals surface area contributed by atoms with Crippen molar-refractivity contribution in [1.29, 1.82) is 0 Å². The maximum atomic E-state index is 10.7. The van der Waals surface area contributed by atoms with E-state index in [4.69, 9.17) is 126 Å². The third-order valence-electron chi connectivity index (χ3n) is 3.31. The molecular weight excluding hydrogens is 1030 g/mol. The third kappa shape index (κ3) is 34.7. The van der Waals surface area contributed by atoms with Gasteiger partial charge in [0.15, 0.2) is 0 Å². The molecule has 0 spiro atoms. The molecular formula is C8H32Cl4Na4O28P8. The molecule has 304 valence electrons. The molecule has 0 aromatic rings. The molecule has 0 aliphatic rings. The van der Waals surface area contributed by atoms with Crippen LogP contribution < -0.4 is 0 Å². The number of rotatable bonds is 16. The average Bonchev–Trinajstić information content (AvgIpc) is 2.85. The molecule has 8 unspecified atom stereocenters. The van der Waals surface area contributed by atoms with Crippen molar-refractivity contribution in [1.82, 2.24) is 0 Å². The molecule has 52 heavy (non-hydrogen) atoms. The molecule has 0 saturated heterocycles. The molecule has 0 amide bonds. The molecule has 0 aliphatic heterocycles. The Kier molecular flexibility index (Phi) is 47.7. The summed E-state index contributed by atoms with van der Waals surface area (Å²) in [5.74, 6) is 0. The first-order valence-corrected chi connectivity index (χ1v) is 25.4. The zero-order valence-corrected chi connectivity index (χ0v) is 32.5. The SMILES string of the molecule is O=P(O)(O)C(O)P(=O)(O)OCCl.O=P(O)(O)C(O)P(=O)(O)OCCl.O=P(O)(O)C(O)P(=O)(O)OCCl.O=P(O)(O)C(O)P(=O)(O)OCCl.[NaH].[NaH].[NaH].[NaH]. The molecule has 0 rings (SSSR count). The number of alkyl halides is 4. The summed E-state index contributed by atoms with van der Waals surface area (Å²) >= 11 is 19.4. The van der Waals surface area contributed by atoms with Crippen LogP contribution in [0.3, 0.4) is 0 Å². The third-order valence-corrected chi connectivity index (χ3v) is 18.2. The quantitative estimate of drug-likeness (QED) is 0.0410. The van der Waals surface area contributed by atoms with Gasteiger partial charge in [-0.2, -0.15) is 0 Å². The van der Waals surface area contributed by atoms with E-state index in [1.807, 2.05) is 0 Å². The van der Waals surface area contributed by atoms with Crippen LogP contribution >= 0.6 is 107 Å². The fraction of sp³-hybridized carbons (Fsp3) is 1.00. The van der Waals surface area contributed by atoms with E-state index < -0.39 is 107 Å². The van der Waals surface area contributed by atoms with Crippen molar-refractivity contribution in [2.45, 2.75) is 22.3 Å². The number of aliphatic hydroxyl groups excluding tert-OH is 4. The van der Waals surface area contributed by atoms with Crippen molar-refractivity contribution in [3.63, 3.8) is 0 Å².